The number of hydrogen-bond donors (Lipinski definition) is 3. The topological polar surface area (TPSA) is 119 Å². The molecule has 2 aliphatic heterocycles. The molecule has 4 heterocycles. The Morgan fingerprint density at radius 3 is 2.89 bits per heavy atom. The molecule has 1 aliphatic carbocycles. The van der Waals surface area contributed by atoms with Crippen molar-refractivity contribution >= 4 is 11.6 Å². The normalized spacial score (nSPS) is 24.4. The van der Waals surface area contributed by atoms with E-state index in [0.29, 0.717) is 25.3 Å². The lowest BCUT2D eigenvalue weighted by Gasteiger charge is -2.42. The molecule has 0 spiro atoms. The number of aromatic nitrogens is 3. The van der Waals surface area contributed by atoms with Gasteiger partial charge >= 0.3 is 5.56 Å². The fourth-order valence-electron chi connectivity index (χ4n) is 5.08. The lowest BCUT2D eigenvalue weighted by molar-refractivity contribution is -0.992. The van der Waals surface area contributed by atoms with Crippen molar-refractivity contribution in [3.05, 3.63) is 50.3 Å². The largest absolute Gasteiger partial charge is 0.595 e. The van der Waals surface area contributed by atoms with E-state index in [4.69, 9.17) is 0 Å². The number of amides is 1. The molecule has 1 fully saturated rings. The van der Waals surface area contributed by atoms with E-state index in [2.05, 4.69) is 10.2 Å². The second-order valence-corrected chi connectivity index (χ2v) is 8.14. The number of H-pyrrole nitrogens is 1. The van der Waals surface area contributed by atoms with Crippen LogP contribution < -0.4 is 10.8 Å². The molecule has 3 unspecified atom stereocenters. The van der Waals surface area contributed by atoms with Gasteiger partial charge in [0.05, 0.1) is 0 Å². The van der Waals surface area contributed by atoms with E-state index in [1.165, 1.54) is 6.07 Å². The number of carbonyl (C=O) groups excluding carboxylic acids is 1. The molecule has 2 aromatic rings. The number of carbonyl (C=O) groups is 1. The first kappa shape index (κ1) is 17.6. The highest BCUT2D eigenvalue weighted by molar-refractivity contribution is 5.94. The number of hydrogen-bond acceptors (Lipinski definition) is 5. The minimum Gasteiger partial charge on any atom is -0.595 e. The van der Waals surface area contributed by atoms with E-state index in [9.17, 15) is 20.0 Å². The van der Waals surface area contributed by atoms with Crippen molar-refractivity contribution in [3.8, 4) is 0 Å². The van der Waals surface area contributed by atoms with Crippen molar-refractivity contribution in [2.24, 2.45) is 5.92 Å². The first-order valence-corrected chi connectivity index (χ1v) is 9.85. The molecular weight excluding hydrogens is 362 g/mol. The predicted molar refractivity (Wildman–Crippen MR) is 98.5 cm³/mol. The number of likely N-dealkylation sites (tertiary alicyclic amines) is 1. The molecule has 0 radical (unpaired) electrons. The number of piperidine rings is 1. The van der Waals surface area contributed by atoms with E-state index in [0.717, 1.165) is 49.1 Å². The third-order valence-electron chi connectivity index (χ3n) is 6.38. The second kappa shape index (κ2) is 6.54. The van der Waals surface area contributed by atoms with Gasteiger partial charge in [0.15, 0.2) is 5.69 Å². The molecule has 28 heavy (non-hydrogen) atoms. The van der Waals surface area contributed by atoms with Crippen LogP contribution in [0, 0.1) is 11.1 Å². The molecule has 2 bridgehead atoms. The van der Waals surface area contributed by atoms with E-state index >= 15 is 0 Å². The summed E-state index contributed by atoms with van der Waals surface area (Å²) in [5.41, 5.74) is 2.89. The van der Waals surface area contributed by atoms with Crippen LogP contribution in [-0.4, -0.2) is 43.9 Å². The summed E-state index contributed by atoms with van der Waals surface area (Å²) in [6, 6.07) is 3.12. The van der Waals surface area contributed by atoms with Gasteiger partial charge in [-0.15, -0.1) is 0 Å². The van der Waals surface area contributed by atoms with Crippen LogP contribution in [0.4, 0.5) is 5.69 Å². The van der Waals surface area contributed by atoms with Crippen LogP contribution in [0.3, 0.4) is 0 Å². The van der Waals surface area contributed by atoms with E-state index < -0.39 is 10.8 Å². The summed E-state index contributed by atoms with van der Waals surface area (Å²) < 4.78 is 1.60. The molecule has 3 atom stereocenters. The van der Waals surface area contributed by atoms with Crippen LogP contribution in [0.1, 0.15) is 52.6 Å². The van der Waals surface area contributed by atoms with Gasteiger partial charge in [-0.05, 0) is 44.1 Å². The van der Waals surface area contributed by atoms with Gasteiger partial charge in [-0.3, -0.25) is 14.7 Å². The summed E-state index contributed by atoms with van der Waals surface area (Å²) in [5, 5.41) is 26.6. The fourth-order valence-corrected chi connectivity index (χ4v) is 5.08. The van der Waals surface area contributed by atoms with Gasteiger partial charge in [0.2, 0.25) is 5.69 Å². The summed E-state index contributed by atoms with van der Waals surface area (Å²) in [5.74, 6) is 0.153. The Hall–Kier alpha value is -2.49. The molecule has 1 amide bonds. The third kappa shape index (κ3) is 2.69. The molecule has 9 heteroatoms. The van der Waals surface area contributed by atoms with Crippen molar-refractivity contribution < 1.29 is 15.2 Å². The van der Waals surface area contributed by atoms with Gasteiger partial charge < -0.3 is 14.7 Å². The van der Waals surface area contributed by atoms with Gasteiger partial charge in [-0.2, -0.15) is 10.3 Å². The predicted octanol–water partition coefficient (Wildman–Crippen LogP) is 0.113. The van der Waals surface area contributed by atoms with Crippen LogP contribution in [0.5, 0.6) is 0 Å². The second-order valence-electron chi connectivity index (χ2n) is 8.14. The molecule has 3 N–H and O–H groups in total. The molecule has 9 nitrogen and oxygen atoms in total. The SMILES string of the molecule is O=C(c1n[nH]c2c1CCCC2)N1CC2CC(C1)c1ccc([NH+]([O-])O)c(=O)n1C2. The van der Waals surface area contributed by atoms with E-state index in [-0.39, 0.29) is 23.4 Å². The minimum atomic E-state index is -1.20. The first-order chi connectivity index (χ1) is 13.5. The minimum absolute atomic E-state index is 0.0351. The number of quaternary nitrogens is 1. The van der Waals surface area contributed by atoms with Crippen LogP contribution in [-0.2, 0) is 19.4 Å². The summed E-state index contributed by atoms with van der Waals surface area (Å²) >= 11 is 0. The number of aromatic amines is 1. The van der Waals surface area contributed by atoms with E-state index in [1.54, 1.807) is 10.6 Å². The monoisotopic (exact) mass is 385 g/mol. The maximum atomic E-state index is 13.2. The standard InChI is InChI=1S/C19H23N5O4/c25-18-16(24(27)28)6-5-15-12-7-11(9-23(15)18)8-22(10-12)19(26)17-13-3-1-2-4-14(13)20-21-17/h5-6,11-12,24,27H,1-4,7-10H2,(H,20,21). The average molecular weight is 385 g/mol. The highest BCUT2D eigenvalue weighted by Gasteiger charge is 2.38. The van der Waals surface area contributed by atoms with Crippen LogP contribution in [0.15, 0.2) is 16.9 Å². The highest BCUT2D eigenvalue weighted by Crippen LogP contribution is 2.36. The molecule has 5 rings (SSSR count). The smallest absolute Gasteiger partial charge is 0.315 e. The van der Waals surface area contributed by atoms with Crippen LogP contribution >= 0.6 is 0 Å². The Labute approximate surface area is 161 Å². The molecule has 0 saturated carbocycles. The Morgan fingerprint density at radius 2 is 2.07 bits per heavy atom. The first-order valence-electron chi connectivity index (χ1n) is 9.85. The number of aryl methyl sites for hydroxylation is 1. The summed E-state index contributed by atoms with van der Waals surface area (Å²) in [6.07, 6.45) is 4.96. The van der Waals surface area contributed by atoms with Crippen molar-refractivity contribution in [2.45, 2.75) is 44.6 Å². The zero-order valence-corrected chi connectivity index (χ0v) is 15.5. The quantitative estimate of drug-likeness (QED) is 0.634. The van der Waals surface area contributed by atoms with Crippen molar-refractivity contribution in [2.75, 3.05) is 13.1 Å². The number of fused-ring (bicyclic) bond motifs is 5. The zero-order chi connectivity index (χ0) is 19.4. The Kier molecular flexibility index (Phi) is 4.11. The van der Waals surface area contributed by atoms with Crippen LogP contribution in [0.25, 0.3) is 0 Å². The summed E-state index contributed by atoms with van der Waals surface area (Å²) in [7, 11) is 0. The van der Waals surface area contributed by atoms with Crippen LogP contribution in [0.2, 0.25) is 0 Å². The molecule has 2 aromatic heterocycles. The van der Waals surface area contributed by atoms with Gasteiger partial charge in [0, 0.05) is 48.6 Å². The lowest BCUT2D eigenvalue weighted by atomic mass is 9.83. The Balaban J connectivity index is 1.44. The van der Waals surface area contributed by atoms with Gasteiger partial charge in [-0.1, -0.05) is 0 Å². The number of nitrogens with one attached hydrogen (secondary N) is 2. The summed E-state index contributed by atoms with van der Waals surface area (Å²) in [4.78, 5) is 27.6. The van der Waals surface area contributed by atoms with E-state index in [1.807, 2.05) is 4.90 Å². The molecule has 0 aromatic carbocycles. The van der Waals surface area contributed by atoms with Gasteiger partial charge in [0.1, 0.15) is 0 Å². The van der Waals surface area contributed by atoms with Crippen molar-refractivity contribution in [1.29, 1.82) is 0 Å². The Morgan fingerprint density at radius 1 is 1.25 bits per heavy atom. The maximum Gasteiger partial charge on any atom is 0.315 e. The van der Waals surface area contributed by atoms with Crippen molar-refractivity contribution in [3.63, 3.8) is 0 Å². The molecule has 3 aliphatic rings. The zero-order valence-electron chi connectivity index (χ0n) is 15.5. The number of pyridine rings is 1. The maximum absolute atomic E-state index is 13.2. The number of rotatable bonds is 2. The number of nitrogens with zero attached hydrogens (tertiary/aromatic N) is 3. The van der Waals surface area contributed by atoms with Crippen molar-refractivity contribution in [1.82, 2.24) is 19.7 Å². The third-order valence-corrected chi connectivity index (χ3v) is 6.38. The lowest BCUT2D eigenvalue weighted by Crippen LogP contribution is -3.00. The summed E-state index contributed by atoms with van der Waals surface area (Å²) in [6.45, 7) is 1.55. The molecule has 148 valence electrons. The highest BCUT2D eigenvalue weighted by atomic mass is 16.8. The van der Waals surface area contributed by atoms with Gasteiger partial charge in [0.25, 0.3) is 5.91 Å². The van der Waals surface area contributed by atoms with Gasteiger partial charge in [-0.25, -0.2) is 5.21 Å². The Bertz CT molecular complexity index is 995. The molecule has 1 saturated heterocycles. The average Bonchev–Trinajstić information content (AvgIpc) is 3.12. The fraction of sp³-hybridized carbons (Fsp3) is 0.526. The molecular formula is C19H23N5O4.